The van der Waals surface area contributed by atoms with Crippen molar-refractivity contribution in [3.8, 4) is 11.5 Å². The molecule has 1 amide bonds. The summed E-state index contributed by atoms with van der Waals surface area (Å²) in [4.78, 5) is 22.9. The second kappa shape index (κ2) is 8.57. The standard InChI is InChI=1S/C18H25NO5/c1-12(7-10-17(20)21)19-18(22)13-8-9-15(23-2)16(11-13)24-14-5-3-4-6-14/h8-9,11-12,14H,3-7,10H2,1-2H3,(H,19,22)(H,20,21). The third-order valence-corrected chi connectivity index (χ3v) is 4.19. The second-order valence-corrected chi connectivity index (χ2v) is 6.20. The van der Waals surface area contributed by atoms with Crippen molar-refractivity contribution in [2.24, 2.45) is 0 Å². The van der Waals surface area contributed by atoms with Crippen molar-refractivity contribution in [3.63, 3.8) is 0 Å². The van der Waals surface area contributed by atoms with Gasteiger partial charge in [-0.1, -0.05) is 0 Å². The molecule has 24 heavy (non-hydrogen) atoms. The summed E-state index contributed by atoms with van der Waals surface area (Å²) >= 11 is 0. The van der Waals surface area contributed by atoms with E-state index in [0.717, 1.165) is 25.7 Å². The van der Waals surface area contributed by atoms with Crippen LogP contribution in [0.25, 0.3) is 0 Å². The SMILES string of the molecule is COc1ccc(C(=O)NC(C)CCC(=O)O)cc1OC1CCCC1. The number of benzene rings is 1. The van der Waals surface area contributed by atoms with E-state index in [1.165, 1.54) is 0 Å². The van der Waals surface area contributed by atoms with E-state index in [0.29, 0.717) is 23.5 Å². The van der Waals surface area contributed by atoms with Crippen LogP contribution in [0.15, 0.2) is 18.2 Å². The van der Waals surface area contributed by atoms with Gasteiger partial charge in [0.15, 0.2) is 11.5 Å². The quantitative estimate of drug-likeness (QED) is 0.763. The Morgan fingerprint density at radius 3 is 2.62 bits per heavy atom. The normalized spacial score (nSPS) is 15.8. The lowest BCUT2D eigenvalue weighted by Crippen LogP contribution is -2.33. The van der Waals surface area contributed by atoms with Crippen LogP contribution in [-0.4, -0.2) is 36.2 Å². The van der Waals surface area contributed by atoms with Gasteiger partial charge in [-0.3, -0.25) is 9.59 Å². The molecule has 1 aromatic rings. The molecular formula is C18H25NO5. The molecule has 1 aromatic carbocycles. The van der Waals surface area contributed by atoms with Gasteiger partial charge in [-0.05, 0) is 57.2 Å². The van der Waals surface area contributed by atoms with Crippen LogP contribution in [0.5, 0.6) is 11.5 Å². The van der Waals surface area contributed by atoms with E-state index in [1.54, 1.807) is 32.2 Å². The molecule has 1 aliphatic carbocycles. The van der Waals surface area contributed by atoms with Crippen LogP contribution in [0.4, 0.5) is 0 Å². The average Bonchev–Trinajstić information content (AvgIpc) is 3.05. The molecule has 0 radical (unpaired) electrons. The number of carboxylic acids is 1. The van der Waals surface area contributed by atoms with Gasteiger partial charge in [-0.25, -0.2) is 0 Å². The number of hydrogen-bond acceptors (Lipinski definition) is 4. The Hall–Kier alpha value is -2.24. The maximum atomic E-state index is 12.3. The molecule has 1 aliphatic rings. The summed E-state index contributed by atoms with van der Waals surface area (Å²) in [5.41, 5.74) is 0.478. The minimum Gasteiger partial charge on any atom is -0.493 e. The largest absolute Gasteiger partial charge is 0.493 e. The Labute approximate surface area is 142 Å². The smallest absolute Gasteiger partial charge is 0.303 e. The number of aliphatic carboxylic acids is 1. The highest BCUT2D eigenvalue weighted by molar-refractivity contribution is 5.95. The number of rotatable bonds is 8. The molecule has 1 unspecified atom stereocenters. The zero-order valence-electron chi connectivity index (χ0n) is 14.2. The van der Waals surface area contributed by atoms with Crippen LogP contribution in [0.3, 0.4) is 0 Å². The van der Waals surface area contributed by atoms with Crippen molar-refractivity contribution in [1.29, 1.82) is 0 Å². The molecule has 2 N–H and O–H groups in total. The molecule has 0 aromatic heterocycles. The summed E-state index contributed by atoms with van der Waals surface area (Å²) in [6.45, 7) is 1.79. The maximum absolute atomic E-state index is 12.3. The van der Waals surface area contributed by atoms with Crippen LogP contribution < -0.4 is 14.8 Å². The topological polar surface area (TPSA) is 84.9 Å². The third-order valence-electron chi connectivity index (χ3n) is 4.19. The molecule has 0 bridgehead atoms. The Morgan fingerprint density at radius 1 is 1.29 bits per heavy atom. The molecular weight excluding hydrogens is 310 g/mol. The van der Waals surface area contributed by atoms with Gasteiger partial charge in [0.1, 0.15) is 0 Å². The number of nitrogens with one attached hydrogen (secondary N) is 1. The van der Waals surface area contributed by atoms with Crippen LogP contribution in [-0.2, 0) is 4.79 Å². The molecule has 0 aliphatic heterocycles. The van der Waals surface area contributed by atoms with Gasteiger partial charge in [0.2, 0.25) is 0 Å². The lowest BCUT2D eigenvalue weighted by Gasteiger charge is -2.17. The first-order valence-electron chi connectivity index (χ1n) is 8.37. The number of ether oxygens (including phenoxy) is 2. The van der Waals surface area contributed by atoms with Crippen molar-refractivity contribution >= 4 is 11.9 Å². The number of carboxylic acid groups (broad SMARTS) is 1. The monoisotopic (exact) mass is 335 g/mol. The van der Waals surface area contributed by atoms with Crippen LogP contribution in [0.1, 0.15) is 55.8 Å². The molecule has 1 atom stereocenters. The molecule has 0 spiro atoms. The van der Waals surface area contributed by atoms with Crippen LogP contribution >= 0.6 is 0 Å². The first-order chi connectivity index (χ1) is 11.5. The summed E-state index contributed by atoms with van der Waals surface area (Å²) in [6.07, 6.45) is 4.95. The molecule has 2 rings (SSSR count). The van der Waals surface area contributed by atoms with Crippen molar-refractivity contribution in [3.05, 3.63) is 23.8 Å². The number of carbonyl (C=O) groups is 2. The van der Waals surface area contributed by atoms with Gasteiger partial charge in [0, 0.05) is 18.0 Å². The van der Waals surface area contributed by atoms with Crippen LogP contribution in [0.2, 0.25) is 0 Å². The van der Waals surface area contributed by atoms with E-state index >= 15 is 0 Å². The summed E-state index contributed by atoms with van der Waals surface area (Å²) in [5, 5.41) is 11.5. The van der Waals surface area contributed by atoms with E-state index in [-0.39, 0.29) is 24.5 Å². The molecule has 6 nitrogen and oxygen atoms in total. The Bertz CT molecular complexity index is 581. The molecule has 132 valence electrons. The zero-order chi connectivity index (χ0) is 17.5. The predicted octanol–water partition coefficient (Wildman–Crippen LogP) is 3.00. The minimum absolute atomic E-state index is 0.0279. The Balaban J connectivity index is 2.03. The highest BCUT2D eigenvalue weighted by atomic mass is 16.5. The molecule has 0 heterocycles. The Morgan fingerprint density at radius 2 is 2.00 bits per heavy atom. The van der Waals surface area contributed by atoms with Gasteiger partial charge in [-0.2, -0.15) is 0 Å². The van der Waals surface area contributed by atoms with E-state index in [1.807, 2.05) is 0 Å². The van der Waals surface area contributed by atoms with Crippen molar-refractivity contribution in [1.82, 2.24) is 5.32 Å². The first-order valence-corrected chi connectivity index (χ1v) is 8.37. The second-order valence-electron chi connectivity index (χ2n) is 6.20. The first kappa shape index (κ1) is 18.1. The van der Waals surface area contributed by atoms with E-state index in [4.69, 9.17) is 14.6 Å². The third kappa shape index (κ3) is 5.15. The lowest BCUT2D eigenvalue weighted by molar-refractivity contribution is -0.137. The highest BCUT2D eigenvalue weighted by Crippen LogP contribution is 2.32. The van der Waals surface area contributed by atoms with Crippen molar-refractivity contribution < 1.29 is 24.2 Å². The predicted molar refractivity (Wildman–Crippen MR) is 89.7 cm³/mol. The van der Waals surface area contributed by atoms with E-state index in [2.05, 4.69) is 5.32 Å². The number of carbonyl (C=O) groups excluding carboxylic acids is 1. The number of methoxy groups -OCH3 is 1. The van der Waals surface area contributed by atoms with Crippen molar-refractivity contribution in [2.75, 3.05) is 7.11 Å². The fourth-order valence-electron chi connectivity index (χ4n) is 2.82. The summed E-state index contributed by atoms with van der Waals surface area (Å²) in [6, 6.07) is 4.88. The average molecular weight is 335 g/mol. The van der Waals surface area contributed by atoms with E-state index < -0.39 is 5.97 Å². The molecule has 1 fully saturated rings. The van der Waals surface area contributed by atoms with Crippen molar-refractivity contribution in [2.45, 2.75) is 57.6 Å². The Kier molecular flexibility index (Phi) is 6.46. The molecule has 1 saturated carbocycles. The van der Waals surface area contributed by atoms with Gasteiger partial charge in [-0.15, -0.1) is 0 Å². The van der Waals surface area contributed by atoms with Crippen LogP contribution in [0, 0.1) is 0 Å². The highest BCUT2D eigenvalue weighted by Gasteiger charge is 2.20. The minimum atomic E-state index is -0.868. The maximum Gasteiger partial charge on any atom is 0.303 e. The van der Waals surface area contributed by atoms with Gasteiger partial charge in [0.25, 0.3) is 5.91 Å². The summed E-state index contributed by atoms with van der Waals surface area (Å²) < 4.78 is 11.3. The molecule has 6 heteroatoms. The fraction of sp³-hybridized carbons (Fsp3) is 0.556. The van der Waals surface area contributed by atoms with Gasteiger partial charge >= 0.3 is 5.97 Å². The summed E-state index contributed by atoms with van der Waals surface area (Å²) in [7, 11) is 1.57. The number of amides is 1. The van der Waals surface area contributed by atoms with Gasteiger partial charge < -0.3 is 19.9 Å². The van der Waals surface area contributed by atoms with E-state index in [9.17, 15) is 9.59 Å². The number of hydrogen-bond donors (Lipinski definition) is 2. The molecule has 0 saturated heterocycles. The fourth-order valence-corrected chi connectivity index (χ4v) is 2.82. The summed E-state index contributed by atoms with van der Waals surface area (Å²) in [5.74, 6) is 0.0761. The van der Waals surface area contributed by atoms with Gasteiger partial charge in [0.05, 0.1) is 13.2 Å². The zero-order valence-corrected chi connectivity index (χ0v) is 14.2. The lowest BCUT2D eigenvalue weighted by atomic mass is 10.1.